The molecule has 3 aromatic carbocycles. The Bertz CT molecular complexity index is 1500. The van der Waals surface area contributed by atoms with E-state index in [4.69, 9.17) is 4.74 Å². The molecule has 0 radical (unpaired) electrons. The molecule has 0 bridgehead atoms. The van der Waals surface area contributed by atoms with Crippen LogP contribution in [0.2, 0.25) is 0 Å². The molecule has 1 aromatic heterocycles. The monoisotopic (exact) mass is 550 g/mol. The molecule has 0 unspecified atom stereocenters. The van der Waals surface area contributed by atoms with Crippen molar-refractivity contribution in [3.63, 3.8) is 0 Å². The predicted octanol–water partition coefficient (Wildman–Crippen LogP) is 5.64. The lowest BCUT2D eigenvalue weighted by Crippen LogP contribution is -2.44. The molecular formula is C31H30N6O2S. The lowest BCUT2D eigenvalue weighted by molar-refractivity contribution is -0.112. The summed E-state index contributed by atoms with van der Waals surface area (Å²) in [7, 11) is 2.16. The average molecular weight is 551 g/mol. The smallest absolute Gasteiger partial charge is 0.262 e. The Hall–Kier alpha value is -4.34. The van der Waals surface area contributed by atoms with E-state index in [0.29, 0.717) is 28.2 Å². The Kier molecular flexibility index (Phi) is 7.65. The van der Waals surface area contributed by atoms with Crippen LogP contribution in [-0.2, 0) is 11.4 Å². The van der Waals surface area contributed by atoms with Crippen molar-refractivity contribution in [3.8, 4) is 5.75 Å². The largest absolute Gasteiger partial charge is 0.489 e. The van der Waals surface area contributed by atoms with Gasteiger partial charge in [-0.3, -0.25) is 4.79 Å². The Labute approximate surface area is 238 Å². The van der Waals surface area contributed by atoms with Gasteiger partial charge in [0, 0.05) is 37.6 Å². The minimum Gasteiger partial charge on any atom is -0.489 e. The lowest BCUT2D eigenvalue weighted by atomic mass is 10.2. The molecule has 1 amide bonds. The van der Waals surface area contributed by atoms with Crippen LogP contribution in [-0.4, -0.2) is 54.0 Å². The fraction of sp³-hybridized carbons (Fsp3) is 0.194. The number of fused-ring (bicyclic) bond motifs is 1. The molecule has 6 rings (SSSR count). The molecule has 0 atom stereocenters. The second-order valence-corrected chi connectivity index (χ2v) is 10.8. The fourth-order valence-corrected chi connectivity index (χ4v) is 5.41. The zero-order valence-corrected chi connectivity index (χ0v) is 23.0. The SMILES string of the molecule is CN1CCN(c2ccc(Nc3ncc4c(n3)S/C(=C/c3ccc(OCc5ccccc5)cc3)C(=O)N4)cc2)CC1. The van der Waals surface area contributed by atoms with Gasteiger partial charge in [-0.15, -0.1) is 0 Å². The van der Waals surface area contributed by atoms with Gasteiger partial charge < -0.3 is 25.2 Å². The molecule has 1 saturated heterocycles. The number of nitrogens with zero attached hydrogens (tertiary/aromatic N) is 4. The number of carbonyl (C=O) groups excluding carboxylic acids is 1. The van der Waals surface area contributed by atoms with Gasteiger partial charge in [-0.25, -0.2) is 9.97 Å². The summed E-state index contributed by atoms with van der Waals surface area (Å²) in [5.74, 6) is 1.08. The van der Waals surface area contributed by atoms with Crippen molar-refractivity contribution in [2.75, 3.05) is 48.8 Å². The number of nitrogens with one attached hydrogen (secondary N) is 2. The van der Waals surface area contributed by atoms with Gasteiger partial charge in [0.1, 0.15) is 17.4 Å². The zero-order valence-electron chi connectivity index (χ0n) is 22.2. The highest BCUT2D eigenvalue weighted by atomic mass is 32.2. The first kappa shape index (κ1) is 25.9. The van der Waals surface area contributed by atoms with E-state index in [1.807, 2.05) is 72.8 Å². The van der Waals surface area contributed by atoms with Crippen molar-refractivity contribution in [3.05, 3.63) is 101 Å². The van der Waals surface area contributed by atoms with Crippen LogP contribution in [0.4, 0.5) is 23.0 Å². The van der Waals surface area contributed by atoms with Gasteiger partial charge in [0.05, 0.1) is 16.8 Å². The number of thioether (sulfide) groups is 1. The van der Waals surface area contributed by atoms with Crippen molar-refractivity contribution < 1.29 is 9.53 Å². The predicted molar refractivity (Wildman–Crippen MR) is 161 cm³/mol. The number of piperazine rings is 1. The molecule has 4 aromatic rings. The minimum absolute atomic E-state index is 0.175. The average Bonchev–Trinajstić information content (AvgIpc) is 2.99. The number of rotatable bonds is 7. The fourth-order valence-electron chi connectivity index (χ4n) is 4.52. The third-order valence-electron chi connectivity index (χ3n) is 6.85. The van der Waals surface area contributed by atoms with E-state index in [1.54, 1.807) is 6.20 Å². The summed E-state index contributed by atoms with van der Waals surface area (Å²) in [5.41, 5.74) is 4.75. The number of likely N-dealkylation sites (N-methyl/N-ethyl adjacent to an activating group) is 1. The Balaban J connectivity index is 1.10. The first-order valence-corrected chi connectivity index (χ1v) is 14.1. The first-order chi connectivity index (χ1) is 19.6. The second-order valence-electron chi connectivity index (χ2n) is 9.78. The molecule has 1 fully saturated rings. The molecule has 0 spiro atoms. The summed E-state index contributed by atoms with van der Waals surface area (Å²) in [6.07, 6.45) is 3.50. The van der Waals surface area contributed by atoms with Gasteiger partial charge in [-0.2, -0.15) is 0 Å². The van der Waals surface area contributed by atoms with Gasteiger partial charge in [-0.1, -0.05) is 54.2 Å². The summed E-state index contributed by atoms with van der Waals surface area (Å²) in [6.45, 7) is 4.71. The number of hydrogen-bond acceptors (Lipinski definition) is 8. The topological polar surface area (TPSA) is 82.6 Å². The highest BCUT2D eigenvalue weighted by Gasteiger charge is 2.23. The Morgan fingerprint density at radius 1 is 0.975 bits per heavy atom. The second kappa shape index (κ2) is 11.8. The molecule has 3 heterocycles. The van der Waals surface area contributed by atoms with Crippen LogP contribution in [0.5, 0.6) is 5.75 Å². The maximum Gasteiger partial charge on any atom is 0.262 e. The molecule has 8 nitrogen and oxygen atoms in total. The van der Waals surface area contributed by atoms with Gasteiger partial charge in [0.25, 0.3) is 5.91 Å². The maximum atomic E-state index is 12.7. The number of amides is 1. The van der Waals surface area contributed by atoms with Crippen LogP contribution in [0.3, 0.4) is 0 Å². The quantitative estimate of drug-likeness (QED) is 0.226. The van der Waals surface area contributed by atoms with Gasteiger partial charge >= 0.3 is 0 Å². The van der Waals surface area contributed by atoms with E-state index in [1.165, 1.54) is 17.4 Å². The van der Waals surface area contributed by atoms with Crippen LogP contribution in [0.25, 0.3) is 6.08 Å². The van der Waals surface area contributed by atoms with E-state index < -0.39 is 0 Å². The van der Waals surface area contributed by atoms with Crippen LogP contribution in [0, 0.1) is 0 Å². The van der Waals surface area contributed by atoms with Crippen molar-refractivity contribution >= 4 is 46.8 Å². The number of hydrogen-bond donors (Lipinski definition) is 2. The van der Waals surface area contributed by atoms with Crippen molar-refractivity contribution in [2.24, 2.45) is 0 Å². The molecule has 0 aliphatic carbocycles. The minimum atomic E-state index is -0.175. The van der Waals surface area contributed by atoms with Crippen molar-refractivity contribution in [1.29, 1.82) is 0 Å². The molecule has 2 aliphatic heterocycles. The normalized spacial score (nSPS) is 16.4. The summed E-state index contributed by atoms with van der Waals surface area (Å²) in [5, 5.41) is 6.89. The molecule has 9 heteroatoms. The van der Waals surface area contributed by atoms with E-state index in [2.05, 4.69) is 49.6 Å². The van der Waals surface area contributed by atoms with Crippen LogP contribution < -0.4 is 20.3 Å². The number of aromatic nitrogens is 2. The number of ether oxygens (including phenoxy) is 1. The molecule has 2 N–H and O–H groups in total. The molecule has 202 valence electrons. The highest BCUT2D eigenvalue weighted by molar-refractivity contribution is 8.04. The standard InChI is InChI=1S/C31H30N6O2S/c1-36-15-17-37(18-16-36)25-11-9-24(10-12-25)33-31-32-20-27-30(35-31)40-28(29(38)34-27)19-22-7-13-26(14-8-22)39-21-23-5-3-2-4-6-23/h2-14,19-20H,15-18,21H2,1H3,(H,34,38)(H,32,33,35)/b28-19+. The Morgan fingerprint density at radius 3 is 2.48 bits per heavy atom. The van der Waals surface area contributed by atoms with E-state index in [-0.39, 0.29) is 5.91 Å². The van der Waals surface area contributed by atoms with E-state index >= 15 is 0 Å². The van der Waals surface area contributed by atoms with Crippen LogP contribution in [0.15, 0.2) is 95.0 Å². The number of benzene rings is 3. The van der Waals surface area contributed by atoms with Gasteiger partial charge in [0.2, 0.25) is 5.95 Å². The molecule has 40 heavy (non-hydrogen) atoms. The maximum absolute atomic E-state index is 12.7. The first-order valence-electron chi connectivity index (χ1n) is 13.2. The third-order valence-corrected chi connectivity index (χ3v) is 7.88. The third kappa shape index (κ3) is 6.27. The van der Waals surface area contributed by atoms with Gasteiger partial charge in [0.15, 0.2) is 0 Å². The summed E-state index contributed by atoms with van der Waals surface area (Å²) >= 11 is 1.33. The highest BCUT2D eigenvalue weighted by Crippen LogP contribution is 2.38. The van der Waals surface area contributed by atoms with E-state index in [9.17, 15) is 4.79 Å². The summed E-state index contributed by atoms with van der Waals surface area (Å²) in [6, 6.07) is 26.1. The summed E-state index contributed by atoms with van der Waals surface area (Å²) < 4.78 is 5.87. The van der Waals surface area contributed by atoms with Crippen LogP contribution >= 0.6 is 11.8 Å². The molecule has 0 saturated carbocycles. The summed E-state index contributed by atoms with van der Waals surface area (Å²) in [4.78, 5) is 27.1. The van der Waals surface area contributed by atoms with E-state index in [0.717, 1.165) is 48.7 Å². The van der Waals surface area contributed by atoms with Gasteiger partial charge in [-0.05, 0) is 60.6 Å². The number of anilines is 4. The molecular weight excluding hydrogens is 520 g/mol. The zero-order chi connectivity index (χ0) is 27.3. The Morgan fingerprint density at radius 2 is 1.73 bits per heavy atom. The van der Waals surface area contributed by atoms with Crippen molar-refractivity contribution in [2.45, 2.75) is 11.6 Å². The van der Waals surface area contributed by atoms with Crippen molar-refractivity contribution in [1.82, 2.24) is 14.9 Å². The number of carbonyl (C=O) groups is 1. The molecule has 2 aliphatic rings. The van der Waals surface area contributed by atoms with Crippen LogP contribution in [0.1, 0.15) is 11.1 Å². The lowest BCUT2D eigenvalue weighted by Gasteiger charge is -2.34.